The summed E-state index contributed by atoms with van der Waals surface area (Å²) < 4.78 is 2.04. The summed E-state index contributed by atoms with van der Waals surface area (Å²) in [5.74, 6) is 0. The number of oxime groups is 1. The van der Waals surface area contributed by atoms with E-state index in [2.05, 4.69) is 12.1 Å². The Morgan fingerprint density at radius 3 is 2.64 bits per heavy atom. The Labute approximate surface area is 65.6 Å². The van der Waals surface area contributed by atoms with Crippen LogP contribution in [0.1, 0.15) is 12.5 Å². The molecule has 0 unspecified atom stereocenters. The summed E-state index contributed by atoms with van der Waals surface area (Å²) in [6.45, 7) is 3.02. The highest BCUT2D eigenvalue weighted by atomic mass is 16.4. The molecule has 3 heteroatoms. The molecule has 0 saturated carbocycles. The zero-order valence-electron chi connectivity index (χ0n) is 6.44. The van der Waals surface area contributed by atoms with Crippen molar-refractivity contribution in [3.8, 4) is 0 Å². The average molecular weight is 151 g/mol. The van der Waals surface area contributed by atoms with Crippen molar-refractivity contribution >= 4 is 6.21 Å². The largest absolute Gasteiger partial charge is 0.411 e. The highest BCUT2D eigenvalue weighted by Crippen LogP contribution is 1.89. The standard InChI is InChI=1S/C8H10N2O/c1-2-10-5-3-8(4-6-10)7-9-11/h3-7H,2H2,1H3/p+1. The molecule has 0 bridgehead atoms. The van der Waals surface area contributed by atoms with Crippen molar-refractivity contribution < 1.29 is 9.77 Å². The van der Waals surface area contributed by atoms with E-state index < -0.39 is 0 Å². The first-order chi connectivity index (χ1) is 5.36. The molecule has 0 aromatic carbocycles. The molecule has 1 N–H and O–H groups in total. The quantitative estimate of drug-likeness (QED) is 0.288. The maximum Gasteiger partial charge on any atom is 0.169 e. The third-order valence-electron chi connectivity index (χ3n) is 1.49. The van der Waals surface area contributed by atoms with Crippen LogP contribution in [0.15, 0.2) is 29.7 Å². The topological polar surface area (TPSA) is 36.5 Å². The fourth-order valence-electron chi connectivity index (χ4n) is 0.832. The van der Waals surface area contributed by atoms with Gasteiger partial charge in [-0.05, 0) is 6.92 Å². The van der Waals surface area contributed by atoms with Crippen LogP contribution in [0, 0.1) is 0 Å². The lowest BCUT2D eigenvalue weighted by molar-refractivity contribution is -0.693. The minimum Gasteiger partial charge on any atom is -0.411 e. The highest BCUT2D eigenvalue weighted by Gasteiger charge is 1.93. The normalized spacial score (nSPS) is 10.6. The lowest BCUT2D eigenvalue weighted by atomic mass is 10.3. The molecule has 1 aromatic rings. The van der Waals surface area contributed by atoms with Gasteiger partial charge in [-0.1, -0.05) is 5.16 Å². The van der Waals surface area contributed by atoms with E-state index in [-0.39, 0.29) is 0 Å². The molecular formula is C8H11N2O+. The van der Waals surface area contributed by atoms with Crippen LogP contribution in [-0.2, 0) is 6.54 Å². The van der Waals surface area contributed by atoms with Gasteiger partial charge in [-0.2, -0.15) is 0 Å². The van der Waals surface area contributed by atoms with Crippen LogP contribution in [0.5, 0.6) is 0 Å². The van der Waals surface area contributed by atoms with E-state index in [0.717, 1.165) is 12.1 Å². The van der Waals surface area contributed by atoms with Crippen LogP contribution in [0.25, 0.3) is 0 Å². The molecule has 1 rings (SSSR count). The molecule has 0 aliphatic heterocycles. The summed E-state index contributed by atoms with van der Waals surface area (Å²) >= 11 is 0. The van der Waals surface area contributed by atoms with Gasteiger partial charge in [0.25, 0.3) is 0 Å². The van der Waals surface area contributed by atoms with Gasteiger partial charge in [0.2, 0.25) is 0 Å². The fourth-order valence-corrected chi connectivity index (χ4v) is 0.832. The number of aryl methyl sites for hydroxylation is 1. The second kappa shape index (κ2) is 3.71. The molecule has 0 amide bonds. The Hall–Kier alpha value is -1.38. The smallest absolute Gasteiger partial charge is 0.169 e. The number of rotatable bonds is 2. The molecule has 0 aliphatic carbocycles. The van der Waals surface area contributed by atoms with Crippen LogP contribution in [-0.4, -0.2) is 11.4 Å². The van der Waals surface area contributed by atoms with E-state index in [9.17, 15) is 0 Å². The zero-order valence-corrected chi connectivity index (χ0v) is 6.44. The van der Waals surface area contributed by atoms with Crippen LogP contribution < -0.4 is 4.57 Å². The second-order valence-corrected chi connectivity index (χ2v) is 2.21. The van der Waals surface area contributed by atoms with Crippen molar-refractivity contribution in [2.24, 2.45) is 5.16 Å². The minimum atomic E-state index is 0.900. The molecule has 1 heterocycles. The SMILES string of the molecule is CC[n+]1ccc(C=NO)cc1. The van der Waals surface area contributed by atoms with Gasteiger partial charge < -0.3 is 5.21 Å². The van der Waals surface area contributed by atoms with Crippen molar-refractivity contribution in [1.82, 2.24) is 0 Å². The van der Waals surface area contributed by atoms with Crippen molar-refractivity contribution in [2.45, 2.75) is 13.5 Å². The molecule has 3 nitrogen and oxygen atoms in total. The van der Waals surface area contributed by atoms with E-state index >= 15 is 0 Å². The summed E-state index contributed by atoms with van der Waals surface area (Å²) in [7, 11) is 0. The van der Waals surface area contributed by atoms with E-state index in [4.69, 9.17) is 5.21 Å². The van der Waals surface area contributed by atoms with Crippen LogP contribution in [0.4, 0.5) is 0 Å². The van der Waals surface area contributed by atoms with Crippen LogP contribution in [0.3, 0.4) is 0 Å². The monoisotopic (exact) mass is 151 g/mol. The molecule has 0 fully saturated rings. The first-order valence-electron chi connectivity index (χ1n) is 3.53. The number of hydrogen-bond donors (Lipinski definition) is 1. The number of aromatic nitrogens is 1. The van der Waals surface area contributed by atoms with Crippen molar-refractivity contribution in [3.63, 3.8) is 0 Å². The molecule has 0 saturated heterocycles. The summed E-state index contributed by atoms with van der Waals surface area (Å²) in [4.78, 5) is 0. The predicted molar refractivity (Wildman–Crippen MR) is 41.7 cm³/mol. The van der Waals surface area contributed by atoms with E-state index in [1.807, 2.05) is 29.1 Å². The molecule has 1 aromatic heterocycles. The van der Waals surface area contributed by atoms with Gasteiger partial charge in [-0.3, -0.25) is 0 Å². The lowest BCUT2D eigenvalue weighted by Gasteiger charge is -1.90. The average Bonchev–Trinajstić information content (AvgIpc) is 2.07. The summed E-state index contributed by atoms with van der Waals surface area (Å²) in [6.07, 6.45) is 5.29. The molecule has 0 radical (unpaired) electrons. The molecule has 58 valence electrons. The van der Waals surface area contributed by atoms with Gasteiger partial charge in [-0.15, -0.1) is 0 Å². The molecular weight excluding hydrogens is 140 g/mol. The Morgan fingerprint density at radius 2 is 2.18 bits per heavy atom. The Balaban J connectivity index is 2.82. The highest BCUT2D eigenvalue weighted by molar-refractivity contribution is 5.78. The van der Waals surface area contributed by atoms with Gasteiger partial charge in [0.05, 0.1) is 6.21 Å². The third kappa shape index (κ3) is 2.04. The summed E-state index contributed by atoms with van der Waals surface area (Å²) in [5.41, 5.74) is 0.900. The second-order valence-electron chi connectivity index (χ2n) is 2.21. The number of hydrogen-bond acceptors (Lipinski definition) is 2. The minimum absolute atomic E-state index is 0.900. The van der Waals surface area contributed by atoms with Crippen molar-refractivity contribution in [3.05, 3.63) is 30.1 Å². The van der Waals surface area contributed by atoms with Gasteiger partial charge in [-0.25, -0.2) is 4.57 Å². The van der Waals surface area contributed by atoms with Gasteiger partial charge in [0.15, 0.2) is 12.4 Å². The fraction of sp³-hybridized carbons (Fsp3) is 0.250. The Kier molecular flexibility index (Phi) is 2.60. The van der Waals surface area contributed by atoms with Gasteiger partial charge in [0.1, 0.15) is 6.54 Å². The molecule has 0 spiro atoms. The summed E-state index contributed by atoms with van der Waals surface area (Å²) in [6, 6.07) is 3.78. The van der Waals surface area contributed by atoms with Crippen molar-refractivity contribution in [2.75, 3.05) is 0 Å². The maximum atomic E-state index is 8.21. The third-order valence-corrected chi connectivity index (χ3v) is 1.49. The molecule has 0 aliphatic rings. The Bertz CT molecular complexity index is 241. The van der Waals surface area contributed by atoms with E-state index in [1.165, 1.54) is 6.21 Å². The van der Waals surface area contributed by atoms with Crippen LogP contribution in [0.2, 0.25) is 0 Å². The van der Waals surface area contributed by atoms with Gasteiger partial charge in [0, 0.05) is 17.7 Å². The first-order valence-corrected chi connectivity index (χ1v) is 3.53. The summed E-state index contributed by atoms with van der Waals surface area (Å²) in [5, 5.41) is 11.1. The maximum absolute atomic E-state index is 8.21. The first kappa shape index (κ1) is 7.72. The molecule has 11 heavy (non-hydrogen) atoms. The zero-order chi connectivity index (χ0) is 8.10. The number of nitrogens with zero attached hydrogens (tertiary/aromatic N) is 2. The molecule has 0 atom stereocenters. The van der Waals surface area contributed by atoms with Crippen molar-refractivity contribution in [1.29, 1.82) is 0 Å². The van der Waals surface area contributed by atoms with Crippen LogP contribution >= 0.6 is 0 Å². The number of pyridine rings is 1. The Morgan fingerprint density at radius 1 is 1.55 bits per heavy atom. The van der Waals surface area contributed by atoms with Gasteiger partial charge >= 0.3 is 0 Å². The lowest BCUT2D eigenvalue weighted by Crippen LogP contribution is -2.30. The van der Waals surface area contributed by atoms with E-state index in [1.54, 1.807) is 0 Å². The predicted octanol–water partition coefficient (Wildman–Crippen LogP) is 0.802. The van der Waals surface area contributed by atoms with E-state index in [0.29, 0.717) is 0 Å².